The lowest BCUT2D eigenvalue weighted by atomic mass is 10.1. The highest BCUT2D eigenvalue weighted by Gasteiger charge is 2.28. The molecule has 2 aliphatic rings. The van der Waals surface area contributed by atoms with Gasteiger partial charge in [0.2, 0.25) is 5.91 Å². The average molecular weight is 231 g/mol. The summed E-state index contributed by atoms with van der Waals surface area (Å²) in [5.41, 5.74) is 9.31. The van der Waals surface area contributed by atoms with Gasteiger partial charge in [0.25, 0.3) is 0 Å². The number of fused-ring (bicyclic) bond motifs is 1. The van der Waals surface area contributed by atoms with Crippen molar-refractivity contribution in [2.75, 3.05) is 12.3 Å². The van der Waals surface area contributed by atoms with Crippen molar-refractivity contribution in [2.24, 2.45) is 0 Å². The van der Waals surface area contributed by atoms with Gasteiger partial charge < -0.3 is 16.4 Å². The van der Waals surface area contributed by atoms with Crippen LogP contribution in [0.3, 0.4) is 0 Å². The summed E-state index contributed by atoms with van der Waals surface area (Å²) >= 11 is 0. The lowest BCUT2D eigenvalue weighted by molar-refractivity contribution is -0.119. The van der Waals surface area contributed by atoms with Crippen molar-refractivity contribution in [1.29, 1.82) is 0 Å². The number of rotatable bonds is 2. The van der Waals surface area contributed by atoms with Gasteiger partial charge in [-0.3, -0.25) is 4.79 Å². The van der Waals surface area contributed by atoms with Gasteiger partial charge in [0.05, 0.1) is 0 Å². The van der Waals surface area contributed by atoms with E-state index in [1.165, 1.54) is 11.1 Å². The zero-order chi connectivity index (χ0) is 11.8. The van der Waals surface area contributed by atoms with E-state index in [0.29, 0.717) is 12.5 Å². The zero-order valence-corrected chi connectivity index (χ0v) is 9.70. The minimum atomic E-state index is 0.151. The van der Waals surface area contributed by atoms with Crippen molar-refractivity contribution < 1.29 is 4.79 Å². The summed E-state index contributed by atoms with van der Waals surface area (Å²) in [6.07, 6.45) is 2.77. The second kappa shape index (κ2) is 4.04. The van der Waals surface area contributed by atoms with Crippen LogP contribution in [0.1, 0.15) is 30.0 Å². The molecule has 90 valence electrons. The van der Waals surface area contributed by atoms with Gasteiger partial charge in [0, 0.05) is 30.7 Å². The Morgan fingerprint density at radius 3 is 3.06 bits per heavy atom. The number of nitrogens with two attached hydrogens (primary N) is 1. The number of hydrogen-bond acceptors (Lipinski definition) is 3. The molecule has 4 N–H and O–H groups in total. The summed E-state index contributed by atoms with van der Waals surface area (Å²) in [5, 5.41) is 6.41. The molecule has 1 heterocycles. The topological polar surface area (TPSA) is 67.2 Å². The van der Waals surface area contributed by atoms with Crippen LogP contribution in [0.25, 0.3) is 0 Å². The molecular formula is C13H17N3O. The summed E-state index contributed by atoms with van der Waals surface area (Å²) in [5.74, 6) is 0.151. The monoisotopic (exact) mass is 231 g/mol. The molecule has 3 rings (SSSR count). The molecule has 1 aliphatic heterocycles. The van der Waals surface area contributed by atoms with Gasteiger partial charge in [-0.25, -0.2) is 0 Å². The summed E-state index contributed by atoms with van der Waals surface area (Å²) in [6.45, 7) is 0.750. The molecule has 0 radical (unpaired) electrons. The van der Waals surface area contributed by atoms with Crippen molar-refractivity contribution >= 4 is 11.6 Å². The number of carbonyl (C=O) groups excluding carboxylic acids is 1. The largest absolute Gasteiger partial charge is 0.399 e. The maximum absolute atomic E-state index is 11.1. The summed E-state index contributed by atoms with van der Waals surface area (Å²) < 4.78 is 0. The van der Waals surface area contributed by atoms with E-state index in [4.69, 9.17) is 5.73 Å². The van der Waals surface area contributed by atoms with Gasteiger partial charge >= 0.3 is 0 Å². The Hall–Kier alpha value is -1.55. The van der Waals surface area contributed by atoms with Crippen LogP contribution in [-0.2, 0) is 11.2 Å². The first-order valence-corrected chi connectivity index (χ1v) is 6.13. The molecule has 1 aromatic rings. The third-order valence-corrected chi connectivity index (χ3v) is 3.66. The number of aryl methyl sites for hydroxylation is 1. The van der Waals surface area contributed by atoms with Crippen LogP contribution in [-0.4, -0.2) is 18.5 Å². The smallest absolute Gasteiger partial charge is 0.221 e. The van der Waals surface area contributed by atoms with E-state index in [-0.39, 0.29) is 11.9 Å². The van der Waals surface area contributed by atoms with E-state index < -0.39 is 0 Å². The number of amides is 1. The van der Waals surface area contributed by atoms with Crippen LogP contribution in [0.4, 0.5) is 5.69 Å². The highest BCUT2D eigenvalue weighted by Crippen LogP contribution is 2.32. The Bertz CT molecular complexity index is 458. The van der Waals surface area contributed by atoms with E-state index >= 15 is 0 Å². The van der Waals surface area contributed by atoms with E-state index in [1.807, 2.05) is 6.07 Å². The van der Waals surface area contributed by atoms with Crippen molar-refractivity contribution in [3.8, 4) is 0 Å². The highest BCUT2D eigenvalue weighted by molar-refractivity contribution is 5.78. The third kappa shape index (κ3) is 2.00. The van der Waals surface area contributed by atoms with Crippen molar-refractivity contribution in [1.82, 2.24) is 10.6 Å². The Morgan fingerprint density at radius 2 is 2.29 bits per heavy atom. The second-order valence-electron chi connectivity index (χ2n) is 4.92. The van der Waals surface area contributed by atoms with Gasteiger partial charge in [-0.15, -0.1) is 0 Å². The Morgan fingerprint density at radius 1 is 1.41 bits per heavy atom. The molecule has 0 bridgehead atoms. The molecule has 1 amide bonds. The van der Waals surface area contributed by atoms with Crippen LogP contribution in [0.5, 0.6) is 0 Å². The number of hydrogen-bond donors (Lipinski definition) is 3. The standard InChI is InChI=1S/C13H17N3O/c14-9-2-3-11-8(5-9)1-4-12(11)16-10-6-13(17)15-7-10/h2-3,5,10,12,16H,1,4,6-7,14H2,(H,15,17). The minimum absolute atomic E-state index is 0.151. The first-order chi connectivity index (χ1) is 8.22. The molecule has 1 fully saturated rings. The predicted octanol–water partition coefficient (Wildman–Crippen LogP) is 0.734. The fourth-order valence-corrected chi connectivity index (χ4v) is 2.82. The molecule has 2 unspecified atom stereocenters. The van der Waals surface area contributed by atoms with Crippen molar-refractivity contribution in [3.63, 3.8) is 0 Å². The first kappa shape index (κ1) is 10.6. The Labute approximate surface area is 101 Å². The van der Waals surface area contributed by atoms with Crippen LogP contribution in [0.2, 0.25) is 0 Å². The third-order valence-electron chi connectivity index (χ3n) is 3.66. The Balaban J connectivity index is 1.73. The van der Waals surface area contributed by atoms with Gasteiger partial charge in [-0.05, 0) is 36.1 Å². The average Bonchev–Trinajstić information content (AvgIpc) is 2.86. The lowest BCUT2D eigenvalue weighted by Gasteiger charge is -2.18. The van der Waals surface area contributed by atoms with E-state index in [0.717, 1.165) is 25.1 Å². The highest BCUT2D eigenvalue weighted by atomic mass is 16.1. The van der Waals surface area contributed by atoms with Gasteiger partial charge in [-0.2, -0.15) is 0 Å². The predicted molar refractivity (Wildman–Crippen MR) is 66.5 cm³/mol. The second-order valence-corrected chi connectivity index (χ2v) is 4.92. The fourth-order valence-electron chi connectivity index (χ4n) is 2.82. The van der Waals surface area contributed by atoms with E-state index in [9.17, 15) is 4.79 Å². The normalized spacial score (nSPS) is 26.9. The van der Waals surface area contributed by atoms with Crippen LogP contribution in [0.15, 0.2) is 18.2 Å². The van der Waals surface area contributed by atoms with E-state index in [1.54, 1.807) is 0 Å². The van der Waals surface area contributed by atoms with Crippen LogP contribution < -0.4 is 16.4 Å². The molecule has 0 saturated carbocycles. The molecule has 17 heavy (non-hydrogen) atoms. The molecule has 0 aromatic heterocycles. The number of benzene rings is 1. The number of anilines is 1. The number of carbonyl (C=O) groups is 1. The number of nitrogen functional groups attached to an aromatic ring is 1. The quantitative estimate of drug-likeness (QED) is 0.657. The zero-order valence-electron chi connectivity index (χ0n) is 9.70. The van der Waals surface area contributed by atoms with Crippen LogP contribution >= 0.6 is 0 Å². The molecule has 1 aromatic carbocycles. The van der Waals surface area contributed by atoms with Gasteiger partial charge in [0.1, 0.15) is 0 Å². The molecule has 4 nitrogen and oxygen atoms in total. The van der Waals surface area contributed by atoms with Gasteiger partial charge in [-0.1, -0.05) is 6.07 Å². The maximum atomic E-state index is 11.1. The van der Waals surface area contributed by atoms with Gasteiger partial charge in [0.15, 0.2) is 0 Å². The molecule has 4 heteroatoms. The lowest BCUT2D eigenvalue weighted by Crippen LogP contribution is -2.33. The fraction of sp³-hybridized carbons (Fsp3) is 0.462. The van der Waals surface area contributed by atoms with Crippen LogP contribution in [0, 0.1) is 0 Å². The molecule has 0 spiro atoms. The maximum Gasteiger partial charge on any atom is 0.221 e. The van der Waals surface area contributed by atoms with E-state index in [2.05, 4.69) is 22.8 Å². The first-order valence-electron chi connectivity index (χ1n) is 6.13. The summed E-state index contributed by atoms with van der Waals surface area (Å²) in [4.78, 5) is 11.1. The summed E-state index contributed by atoms with van der Waals surface area (Å²) in [7, 11) is 0. The van der Waals surface area contributed by atoms with Crippen molar-refractivity contribution in [3.05, 3.63) is 29.3 Å². The number of nitrogens with one attached hydrogen (secondary N) is 2. The van der Waals surface area contributed by atoms with Crippen molar-refractivity contribution in [2.45, 2.75) is 31.3 Å². The SMILES string of the molecule is Nc1ccc2c(c1)CCC2NC1CNC(=O)C1. The molecule has 1 aliphatic carbocycles. The molecule has 1 saturated heterocycles. The molecule has 2 atom stereocenters. The minimum Gasteiger partial charge on any atom is -0.399 e. The Kier molecular flexibility index (Phi) is 2.52. The summed E-state index contributed by atoms with van der Waals surface area (Å²) in [6, 6.07) is 6.78. The molecular weight excluding hydrogens is 214 g/mol.